The Morgan fingerprint density at radius 1 is 1.20 bits per heavy atom. The summed E-state index contributed by atoms with van der Waals surface area (Å²) in [5, 5.41) is 2.82. The number of aromatic nitrogens is 2. The highest BCUT2D eigenvalue weighted by molar-refractivity contribution is 6.13. The van der Waals surface area contributed by atoms with Crippen LogP contribution in [0.1, 0.15) is 6.92 Å². The van der Waals surface area contributed by atoms with Gasteiger partial charge in [0.05, 0.1) is 7.11 Å². The lowest BCUT2D eigenvalue weighted by Crippen LogP contribution is -2.40. The number of carbonyl (C=O) groups excluding carboxylic acids is 2. The van der Waals surface area contributed by atoms with Crippen molar-refractivity contribution in [1.82, 2.24) is 9.97 Å². The number of nitrogens with zero attached hydrogens (tertiary/aromatic N) is 2. The molecule has 154 valence electrons. The van der Waals surface area contributed by atoms with Crippen LogP contribution in [0.15, 0.2) is 73.1 Å². The van der Waals surface area contributed by atoms with Crippen LogP contribution in [0.5, 0.6) is 5.75 Å². The van der Waals surface area contributed by atoms with E-state index < -0.39 is 11.8 Å². The maximum atomic E-state index is 13.1. The number of amides is 2. The van der Waals surface area contributed by atoms with E-state index in [1.165, 1.54) is 4.90 Å². The normalized spacial score (nSPS) is 11.4. The molecule has 0 aliphatic carbocycles. The van der Waals surface area contributed by atoms with Gasteiger partial charge in [-0.15, -0.1) is 0 Å². The molecule has 1 unspecified atom stereocenters. The summed E-state index contributed by atoms with van der Waals surface area (Å²) in [7, 11) is 3.21. The summed E-state index contributed by atoms with van der Waals surface area (Å²) in [5.74, 6) is -0.454. The minimum Gasteiger partial charge on any atom is -0.497 e. The molecule has 30 heavy (non-hydrogen) atoms. The minimum absolute atomic E-state index is 0.368. The SMILES string of the molecule is C=C(C)C(C(=O)Nc1cccc(-c2ncc[nH]2)c1)C(=O)N(C)c1ccc(OC)cc1. The molecule has 2 aromatic carbocycles. The molecule has 0 bridgehead atoms. The fourth-order valence-electron chi connectivity index (χ4n) is 3.06. The number of benzene rings is 2. The van der Waals surface area contributed by atoms with E-state index >= 15 is 0 Å². The molecular formula is C23H24N4O3. The molecule has 2 amide bonds. The van der Waals surface area contributed by atoms with E-state index in [2.05, 4.69) is 21.9 Å². The Morgan fingerprint density at radius 2 is 1.93 bits per heavy atom. The van der Waals surface area contributed by atoms with Gasteiger partial charge in [-0.05, 0) is 43.3 Å². The third-order valence-corrected chi connectivity index (χ3v) is 4.69. The number of carbonyl (C=O) groups is 2. The van der Waals surface area contributed by atoms with Gasteiger partial charge in [0, 0.05) is 36.4 Å². The molecular weight excluding hydrogens is 380 g/mol. The molecule has 0 fully saturated rings. The second kappa shape index (κ2) is 9.09. The fourth-order valence-corrected chi connectivity index (χ4v) is 3.06. The van der Waals surface area contributed by atoms with Crippen LogP contribution in [0.25, 0.3) is 11.4 Å². The molecule has 0 radical (unpaired) electrons. The number of imidazole rings is 1. The van der Waals surface area contributed by atoms with Gasteiger partial charge in [-0.3, -0.25) is 9.59 Å². The first-order chi connectivity index (χ1) is 14.4. The Hall–Kier alpha value is -3.87. The Morgan fingerprint density at radius 3 is 2.53 bits per heavy atom. The van der Waals surface area contributed by atoms with Gasteiger partial charge in [0.15, 0.2) is 0 Å². The smallest absolute Gasteiger partial charge is 0.243 e. The average Bonchev–Trinajstić information content (AvgIpc) is 3.28. The molecule has 1 aromatic heterocycles. The first-order valence-corrected chi connectivity index (χ1v) is 9.38. The molecule has 0 saturated carbocycles. The average molecular weight is 404 g/mol. The summed E-state index contributed by atoms with van der Waals surface area (Å²) >= 11 is 0. The van der Waals surface area contributed by atoms with Gasteiger partial charge in [-0.25, -0.2) is 4.98 Å². The Labute approximate surface area is 175 Å². The molecule has 1 atom stereocenters. The van der Waals surface area contributed by atoms with E-state index in [1.54, 1.807) is 69.9 Å². The third-order valence-electron chi connectivity index (χ3n) is 4.69. The van der Waals surface area contributed by atoms with E-state index in [-0.39, 0.29) is 5.91 Å². The van der Waals surface area contributed by atoms with Crippen LogP contribution in [-0.4, -0.2) is 35.9 Å². The number of nitrogens with one attached hydrogen (secondary N) is 2. The van der Waals surface area contributed by atoms with Crippen molar-refractivity contribution in [3.63, 3.8) is 0 Å². The molecule has 2 N–H and O–H groups in total. The molecule has 0 spiro atoms. The second-order valence-corrected chi connectivity index (χ2v) is 6.88. The molecule has 1 heterocycles. The number of aromatic amines is 1. The van der Waals surface area contributed by atoms with Crippen LogP contribution in [0.2, 0.25) is 0 Å². The fraction of sp³-hybridized carbons (Fsp3) is 0.174. The topological polar surface area (TPSA) is 87.3 Å². The van der Waals surface area contributed by atoms with Crippen LogP contribution in [-0.2, 0) is 9.59 Å². The van der Waals surface area contributed by atoms with E-state index in [0.717, 1.165) is 5.56 Å². The summed E-state index contributed by atoms with van der Waals surface area (Å²) in [6, 6.07) is 14.3. The van der Waals surface area contributed by atoms with Crippen molar-refractivity contribution in [2.24, 2.45) is 5.92 Å². The zero-order valence-electron chi connectivity index (χ0n) is 17.2. The number of H-pyrrole nitrogens is 1. The molecule has 7 heteroatoms. The first kappa shape index (κ1) is 20.9. The number of ether oxygens (including phenoxy) is 1. The van der Waals surface area contributed by atoms with Crippen LogP contribution in [0.4, 0.5) is 11.4 Å². The van der Waals surface area contributed by atoms with Gasteiger partial charge >= 0.3 is 0 Å². The minimum atomic E-state index is -1.02. The Balaban J connectivity index is 1.78. The standard InChI is InChI=1S/C23H24N4O3/c1-15(2)20(23(29)27(3)18-8-10-19(30-4)11-9-18)22(28)26-17-7-5-6-16(14-17)21-24-12-13-25-21/h5-14,20H,1H2,2-4H3,(H,24,25)(H,26,28). The maximum Gasteiger partial charge on any atom is 0.243 e. The van der Waals surface area contributed by atoms with Crippen molar-refractivity contribution in [3.05, 3.63) is 73.1 Å². The molecule has 7 nitrogen and oxygen atoms in total. The van der Waals surface area contributed by atoms with Gasteiger partial charge in [0.1, 0.15) is 17.5 Å². The summed E-state index contributed by atoms with van der Waals surface area (Å²) in [6.07, 6.45) is 3.39. The summed E-state index contributed by atoms with van der Waals surface area (Å²) in [5.41, 5.74) is 2.51. The highest BCUT2D eigenvalue weighted by atomic mass is 16.5. The van der Waals surface area contributed by atoms with E-state index in [9.17, 15) is 9.59 Å². The lowest BCUT2D eigenvalue weighted by atomic mass is 9.98. The van der Waals surface area contributed by atoms with Gasteiger partial charge in [0.25, 0.3) is 0 Å². The molecule has 3 rings (SSSR count). The molecule has 0 aliphatic rings. The van der Waals surface area contributed by atoms with Gasteiger partial charge in [-0.1, -0.05) is 24.3 Å². The van der Waals surface area contributed by atoms with Crippen molar-refractivity contribution >= 4 is 23.2 Å². The maximum absolute atomic E-state index is 13.1. The highest BCUT2D eigenvalue weighted by Crippen LogP contribution is 2.24. The quantitative estimate of drug-likeness (QED) is 0.462. The van der Waals surface area contributed by atoms with Crippen molar-refractivity contribution in [3.8, 4) is 17.1 Å². The zero-order chi connectivity index (χ0) is 21.7. The van der Waals surface area contributed by atoms with Gasteiger partial charge in [0.2, 0.25) is 11.8 Å². The van der Waals surface area contributed by atoms with Gasteiger partial charge < -0.3 is 19.9 Å². The highest BCUT2D eigenvalue weighted by Gasteiger charge is 2.30. The zero-order valence-corrected chi connectivity index (χ0v) is 17.2. The Kier molecular flexibility index (Phi) is 6.32. The number of hydrogen-bond donors (Lipinski definition) is 2. The van der Waals surface area contributed by atoms with Gasteiger partial charge in [-0.2, -0.15) is 0 Å². The summed E-state index contributed by atoms with van der Waals surface area (Å²) < 4.78 is 5.15. The van der Waals surface area contributed by atoms with Crippen molar-refractivity contribution in [2.45, 2.75) is 6.92 Å². The van der Waals surface area contributed by atoms with Crippen LogP contribution in [0, 0.1) is 5.92 Å². The number of rotatable bonds is 7. The van der Waals surface area contributed by atoms with Crippen LogP contribution < -0.4 is 15.0 Å². The van der Waals surface area contributed by atoms with Crippen molar-refractivity contribution < 1.29 is 14.3 Å². The summed E-state index contributed by atoms with van der Waals surface area (Å²) in [6.45, 7) is 5.53. The molecule has 0 saturated heterocycles. The Bertz CT molecular complexity index is 1040. The van der Waals surface area contributed by atoms with Crippen molar-refractivity contribution in [2.75, 3.05) is 24.4 Å². The lowest BCUT2D eigenvalue weighted by Gasteiger charge is -2.24. The number of hydrogen-bond acceptors (Lipinski definition) is 4. The van der Waals surface area contributed by atoms with E-state index in [4.69, 9.17) is 4.74 Å². The lowest BCUT2D eigenvalue weighted by molar-refractivity contribution is -0.129. The number of anilines is 2. The largest absolute Gasteiger partial charge is 0.497 e. The monoisotopic (exact) mass is 404 g/mol. The first-order valence-electron chi connectivity index (χ1n) is 9.38. The van der Waals surface area contributed by atoms with Crippen LogP contribution >= 0.6 is 0 Å². The van der Waals surface area contributed by atoms with E-state index in [0.29, 0.717) is 28.5 Å². The molecule has 0 aliphatic heterocycles. The third kappa shape index (κ3) is 4.57. The predicted octanol–water partition coefficient (Wildman–Crippen LogP) is 3.88. The van der Waals surface area contributed by atoms with Crippen LogP contribution in [0.3, 0.4) is 0 Å². The van der Waals surface area contributed by atoms with E-state index in [1.807, 2.05) is 12.1 Å². The van der Waals surface area contributed by atoms with Crippen molar-refractivity contribution in [1.29, 1.82) is 0 Å². The summed E-state index contributed by atoms with van der Waals surface area (Å²) in [4.78, 5) is 34.7. The number of methoxy groups -OCH3 is 1. The second-order valence-electron chi connectivity index (χ2n) is 6.88. The predicted molar refractivity (Wildman–Crippen MR) is 117 cm³/mol. The molecule has 3 aromatic rings.